The smallest absolute Gasteiger partial charge is 0.347 e. The van der Waals surface area contributed by atoms with E-state index >= 15 is 0 Å². The van der Waals surface area contributed by atoms with E-state index < -0.39 is 5.97 Å². The number of carbonyl (C=O) groups is 1. The van der Waals surface area contributed by atoms with Crippen molar-refractivity contribution in [3.63, 3.8) is 0 Å². The number of carbonyl (C=O) groups excluding carboxylic acids is 1. The fraction of sp³-hybridized carbons (Fsp3) is 0.588. The van der Waals surface area contributed by atoms with Crippen LogP contribution in [-0.4, -0.2) is 18.1 Å². The molecule has 1 aliphatic heterocycles. The monoisotopic (exact) mass is 365 g/mol. The first-order chi connectivity index (χ1) is 11.0. The number of hydrogen-bond acceptors (Lipinski definition) is 7. The van der Waals surface area contributed by atoms with Crippen molar-refractivity contribution >= 4 is 29.5 Å². The summed E-state index contributed by atoms with van der Waals surface area (Å²) in [6, 6.07) is 3.75. The Balaban J connectivity index is 3.15. The van der Waals surface area contributed by atoms with Gasteiger partial charge < -0.3 is 10.1 Å². The number of nitrogens with zero attached hydrogens (tertiary/aromatic N) is 2. The van der Waals surface area contributed by atoms with Gasteiger partial charge in [0.15, 0.2) is 0 Å². The minimum atomic E-state index is -0.436. The molecule has 0 fully saturated rings. The number of allylic oxidation sites excluding steroid dienone is 1. The van der Waals surface area contributed by atoms with E-state index in [-0.39, 0.29) is 23.1 Å². The van der Waals surface area contributed by atoms with Crippen LogP contribution in [0.1, 0.15) is 48.0 Å². The first kappa shape index (κ1) is 20.5. The lowest BCUT2D eigenvalue weighted by atomic mass is 9.82. The summed E-state index contributed by atoms with van der Waals surface area (Å²) in [5, 5.41) is 22.2. The second kappa shape index (κ2) is 8.00. The molecule has 7 heteroatoms. The van der Waals surface area contributed by atoms with Crippen LogP contribution in [-0.2, 0) is 9.53 Å². The van der Waals surface area contributed by atoms with Gasteiger partial charge in [0, 0.05) is 5.54 Å². The molecule has 24 heavy (non-hydrogen) atoms. The molecule has 0 radical (unpaired) electrons. The molecular formula is C17H23N3O2S2. The van der Waals surface area contributed by atoms with Crippen molar-refractivity contribution in [2.24, 2.45) is 5.41 Å². The fourth-order valence-corrected chi connectivity index (χ4v) is 5.07. The van der Waals surface area contributed by atoms with E-state index in [0.717, 1.165) is 18.2 Å². The number of hydrogen-bond donors (Lipinski definition) is 1. The molecule has 130 valence electrons. The number of ether oxygens (including phenoxy) is 1. The van der Waals surface area contributed by atoms with Crippen molar-refractivity contribution in [3.05, 3.63) is 19.7 Å². The molecule has 1 N–H and O–H groups in total. The molecule has 0 aromatic heterocycles. The first-order valence-electron chi connectivity index (χ1n) is 7.62. The van der Waals surface area contributed by atoms with Gasteiger partial charge >= 0.3 is 5.97 Å². The normalized spacial score (nSPS) is 14.9. The third-order valence-electron chi connectivity index (χ3n) is 2.91. The molecule has 0 saturated heterocycles. The van der Waals surface area contributed by atoms with E-state index in [1.54, 1.807) is 6.92 Å². The molecular weight excluding hydrogens is 342 g/mol. The highest BCUT2D eigenvalue weighted by Crippen LogP contribution is 2.50. The summed E-state index contributed by atoms with van der Waals surface area (Å²) in [7, 11) is 0. The molecule has 0 aliphatic carbocycles. The Morgan fingerprint density at radius 1 is 1.17 bits per heavy atom. The molecule has 0 aromatic rings. The first-order valence-corrected chi connectivity index (χ1v) is 9.26. The SMILES string of the molecule is CCOC(=O)C1=C(NC(C)(C)CC(C)(C)C)SC(=C(C#N)C#N)S1. The molecule has 5 nitrogen and oxygen atoms in total. The summed E-state index contributed by atoms with van der Waals surface area (Å²) in [4.78, 5) is 12.6. The van der Waals surface area contributed by atoms with Gasteiger partial charge in [-0.3, -0.25) is 0 Å². The van der Waals surface area contributed by atoms with Gasteiger partial charge in [0.2, 0.25) is 0 Å². The van der Waals surface area contributed by atoms with Gasteiger partial charge in [-0.25, -0.2) is 4.79 Å². The second-order valence-corrected chi connectivity index (χ2v) is 9.51. The van der Waals surface area contributed by atoms with Crippen LogP contribution in [0.2, 0.25) is 0 Å². The van der Waals surface area contributed by atoms with E-state index in [0.29, 0.717) is 14.2 Å². The maximum absolute atomic E-state index is 12.2. The van der Waals surface area contributed by atoms with Crippen LogP contribution in [0.25, 0.3) is 0 Å². The van der Waals surface area contributed by atoms with E-state index in [1.165, 1.54) is 11.8 Å². The highest BCUT2D eigenvalue weighted by molar-refractivity contribution is 8.29. The van der Waals surface area contributed by atoms with Crippen molar-refractivity contribution in [3.8, 4) is 12.1 Å². The zero-order valence-electron chi connectivity index (χ0n) is 14.9. The lowest BCUT2D eigenvalue weighted by Crippen LogP contribution is -2.41. The van der Waals surface area contributed by atoms with Crippen molar-refractivity contribution in [2.45, 2.75) is 53.5 Å². The minimum Gasteiger partial charge on any atom is -0.462 e. The van der Waals surface area contributed by atoms with Gasteiger partial charge in [0.1, 0.15) is 22.6 Å². The number of esters is 1. The van der Waals surface area contributed by atoms with Gasteiger partial charge in [0.05, 0.1) is 15.9 Å². The molecule has 0 spiro atoms. The van der Waals surface area contributed by atoms with E-state index in [9.17, 15) is 4.79 Å². The fourth-order valence-electron chi connectivity index (χ4n) is 2.61. The molecule has 0 bridgehead atoms. The topological polar surface area (TPSA) is 85.9 Å². The summed E-state index contributed by atoms with van der Waals surface area (Å²) < 4.78 is 5.62. The Morgan fingerprint density at radius 3 is 2.21 bits per heavy atom. The molecule has 1 heterocycles. The molecule has 1 rings (SSSR count). The standard InChI is InChI=1S/C17H23N3O2S2/c1-7-22-14(21)12-13(20-17(5,6)10-16(2,3)4)24-15(23-12)11(8-18)9-19/h20H,7,10H2,1-6H3. The molecule has 0 saturated carbocycles. The second-order valence-electron chi connectivity index (χ2n) is 7.22. The molecule has 1 aliphatic rings. The van der Waals surface area contributed by atoms with E-state index in [4.69, 9.17) is 15.3 Å². The predicted octanol–water partition coefficient (Wildman–Crippen LogP) is 4.26. The summed E-state index contributed by atoms with van der Waals surface area (Å²) in [6.07, 6.45) is 0.882. The molecule has 0 atom stereocenters. The van der Waals surface area contributed by atoms with Gasteiger partial charge in [-0.15, -0.1) is 0 Å². The minimum absolute atomic E-state index is 0.0113. The van der Waals surface area contributed by atoms with Crippen molar-refractivity contribution in [1.29, 1.82) is 10.5 Å². The number of nitriles is 2. The van der Waals surface area contributed by atoms with Crippen LogP contribution < -0.4 is 5.32 Å². The average molecular weight is 366 g/mol. The number of nitrogens with one attached hydrogen (secondary N) is 1. The summed E-state index contributed by atoms with van der Waals surface area (Å²) in [5.74, 6) is -0.436. The van der Waals surface area contributed by atoms with Crippen LogP contribution in [0.15, 0.2) is 19.7 Å². The maximum Gasteiger partial charge on any atom is 0.347 e. The van der Waals surface area contributed by atoms with Gasteiger partial charge in [-0.1, -0.05) is 44.3 Å². The summed E-state index contributed by atoms with van der Waals surface area (Å²) >= 11 is 2.37. The molecule has 0 amide bonds. The van der Waals surface area contributed by atoms with E-state index in [2.05, 4.69) is 39.9 Å². The third kappa shape index (κ3) is 5.81. The Labute approximate surface area is 152 Å². The van der Waals surface area contributed by atoms with Crippen LogP contribution in [0.5, 0.6) is 0 Å². The van der Waals surface area contributed by atoms with Crippen LogP contribution in [0, 0.1) is 28.1 Å². The van der Waals surface area contributed by atoms with Crippen molar-refractivity contribution in [1.82, 2.24) is 5.32 Å². The van der Waals surface area contributed by atoms with Crippen LogP contribution >= 0.6 is 23.5 Å². The highest BCUT2D eigenvalue weighted by atomic mass is 32.2. The Hall–Kier alpha value is -1.57. The molecule has 0 aromatic carbocycles. The van der Waals surface area contributed by atoms with E-state index in [1.807, 2.05) is 12.1 Å². The Morgan fingerprint density at radius 2 is 1.75 bits per heavy atom. The van der Waals surface area contributed by atoms with Gasteiger partial charge in [-0.05, 0) is 32.6 Å². The largest absolute Gasteiger partial charge is 0.462 e. The third-order valence-corrected chi connectivity index (χ3v) is 5.40. The lowest BCUT2D eigenvalue weighted by molar-refractivity contribution is -0.137. The van der Waals surface area contributed by atoms with Crippen LogP contribution in [0.3, 0.4) is 0 Å². The van der Waals surface area contributed by atoms with Gasteiger partial charge in [0.25, 0.3) is 0 Å². The quantitative estimate of drug-likeness (QED) is 0.575. The highest BCUT2D eigenvalue weighted by Gasteiger charge is 2.34. The zero-order chi connectivity index (χ0) is 18.5. The maximum atomic E-state index is 12.2. The Bertz CT molecular complexity index is 643. The Kier molecular flexibility index (Phi) is 6.83. The average Bonchev–Trinajstić information content (AvgIpc) is 2.80. The predicted molar refractivity (Wildman–Crippen MR) is 98.4 cm³/mol. The summed E-state index contributed by atoms with van der Waals surface area (Å²) in [5.41, 5.74) is -0.133. The summed E-state index contributed by atoms with van der Waals surface area (Å²) in [6.45, 7) is 12.6. The van der Waals surface area contributed by atoms with Gasteiger partial charge in [-0.2, -0.15) is 10.5 Å². The molecule has 0 unspecified atom stereocenters. The number of rotatable bonds is 5. The zero-order valence-corrected chi connectivity index (χ0v) is 16.6. The number of thioether (sulfide) groups is 2. The van der Waals surface area contributed by atoms with Crippen LogP contribution in [0.4, 0.5) is 0 Å². The van der Waals surface area contributed by atoms with Crippen molar-refractivity contribution < 1.29 is 9.53 Å². The van der Waals surface area contributed by atoms with Crippen molar-refractivity contribution in [2.75, 3.05) is 6.61 Å². The lowest BCUT2D eigenvalue weighted by Gasteiger charge is -2.34.